The number of methoxy groups -OCH3 is 1. The Morgan fingerprint density at radius 2 is 1.80 bits per heavy atom. The molecule has 1 aliphatic heterocycles. The average molecular weight is 433 g/mol. The van der Waals surface area contributed by atoms with Gasteiger partial charge in [-0.15, -0.1) is 0 Å². The van der Waals surface area contributed by atoms with E-state index in [1.165, 1.54) is 5.56 Å². The molecule has 4 unspecified atom stereocenters. The molecule has 0 radical (unpaired) electrons. The summed E-state index contributed by atoms with van der Waals surface area (Å²) in [6.07, 6.45) is 1.20. The van der Waals surface area contributed by atoms with Gasteiger partial charge in [-0.05, 0) is 55.5 Å². The fraction of sp³-hybridized carbons (Fsp3) is 0.478. The van der Waals surface area contributed by atoms with Gasteiger partial charge in [0.2, 0.25) is 0 Å². The lowest BCUT2D eigenvalue weighted by atomic mass is 9.81. The first-order chi connectivity index (χ1) is 14.4. The zero-order chi connectivity index (χ0) is 21.6. The van der Waals surface area contributed by atoms with Crippen molar-refractivity contribution < 1.29 is 23.5 Å². The van der Waals surface area contributed by atoms with Gasteiger partial charge in [-0.1, -0.05) is 37.3 Å². The van der Waals surface area contributed by atoms with Crippen LogP contribution in [0.5, 0.6) is 11.5 Å². The summed E-state index contributed by atoms with van der Waals surface area (Å²) in [6.45, 7) is 5.18. The molecule has 0 spiro atoms. The van der Waals surface area contributed by atoms with Crippen molar-refractivity contribution in [2.75, 3.05) is 26.8 Å². The van der Waals surface area contributed by atoms with Crippen LogP contribution in [0.4, 0.5) is 0 Å². The highest BCUT2D eigenvalue weighted by atomic mass is 31.2. The van der Waals surface area contributed by atoms with E-state index in [-0.39, 0.29) is 17.9 Å². The van der Waals surface area contributed by atoms with Crippen molar-refractivity contribution in [1.82, 2.24) is 4.67 Å². The zero-order valence-corrected chi connectivity index (χ0v) is 18.8. The van der Waals surface area contributed by atoms with Crippen molar-refractivity contribution >= 4 is 7.75 Å². The van der Waals surface area contributed by atoms with Crippen molar-refractivity contribution in [2.45, 2.75) is 38.7 Å². The molecular weight excluding hydrogens is 401 g/mol. The number of rotatable bonds is 9. The van der Waals surface area contributed by atoms with E-state index in [0.29, 0.717) is 26.1 Å². The highest BCUT2D eigenvalue weighted by molar-refractivity contribution is 7.50. The molecule has 2 aromatic carbocycles. The van der Waals surface area contributed by atoms with Crippen LogP contribution in [0, 0.1) is 5.92 Å². The van der Waals surface area contributed by atoms with Crippen LogP contribution in [0.25, 0.3) is 0 Å². The van der Waals surface area contributed by atoms with Crippen LogP contribution in [0.1, 0.15) is 38.2 Å². The highest BCUT2D eigenvalue weighted by Gasteiger charge is 2.39. The van der Waals surface area contributed by atoms with Gasteiger partial charge in [0.1, 0.15) is 11.5 Å². The third-order valence-corrected chi connectivity index (χ3v) is 7.43. The summed E-state index contributed by atoms with van der Waals surface area (Å²) in [5, 5.41) is 0. The quantitative estimate of drug-likeness (QED) is 0.555. The van der Waals surface area contributed by atoms with Crippen LogP contribution in [-0.2, 0) is 9.09 Å². The Morgan fingerprint density at radius 1 is 1.13 bits per heavy atom. The van der Waals surface area contributed by atoms with Gasteiger partial charge in [-0.25, -0.2) is 9.24 Å². The fourth-order valence-corrected chi connectivity index (χ4v) is 5.34. The smallest absolute Gasteiger partial charge is 0.405 e. The number of ether oxygens (including phenoxy) is 2. The first-order valence-corrected chi connectivity index (χ1v) is 12.0. The van der Waals surface area contributed by atoms with Crippen molar-refractivity contribution in [1.29, 1.82) is 0 Å². The summed E-state index contributed by atoms with van der Waals surface area (Å²) in [6, 6.07) is 17.8. The maximum atomic E-state index is 12.9. The predicted octanol–water partition coefficient (Wildman–Crippen LogP) is 5.10. The molecule has 1 aliphatic rings. The SMILES string of the molecule is CCC(C)OP(=O)(O)N1CCC(c2ccccc2)C(COc2ccc(OC)cc2)C1. The van der Waals surface area contributed by atoms with E-state index in [0.717, 1.165) is 17.9 Å². The number of hydrogen-bond acceptors (Lipinski definition) is 4. The van der Waals surface area contributed by atoms with Crippen molar-refractivity contribution in [3.05, 3.63) is 60.2 Å². The molecule has 4 atom stereocenters. The lowest BCUT2D eigenvalue weighted by Crippen LogP contribution is -2.40. The molecule has 6 nitrogen and oxygen atoms in total. The van der Waals surface area contributed by atoms with E-state index >= 15 is 0 Å². The summed E-state index contributed by atoms with van der Waals surface area (Å²) in [7, 11) is -2.21. The summed E-state index contributed by atoms with van der Waals surface area (Å²) in [5.74, 6) is 1.84. The maximum Gasteiger partial charge on any atom is 0.405 e. The number of benzene rings is 2. The Kier molecular flexibility index (Phi) is 7.95. The topological polar surface area (TPSA) is 68.2 Å². The fourth-order valence-electron chi connectivity index (χ4n) is 3.80. The Hall–Kier alpha value is -1.85. The lowest BCUT2D eigenvalue weighted by Gasteiger charge is -2.40. The van der Waals surface area contributed by atoms with Crippen LogP contribution in [-0.4, -0.2) is 42.5 Å². The minimum absolute atomic E-state index is 0.0595. The van der Waals surface area contributed by atoms with Crippen molar-refractivity contribution in [2.24, 2.45) is 5.92 Å². The van der Waals surface area contributed by atoms with Crippen molar-refractivity contribution in [3.63, 3.8) is 0 Å². The minimum Gasteiger partial charge on any atom is -0.497 e. The van der Waals surface area contributed by atoms with Gasteiger partial charge in [0.15, 0.2) is 0 Å². The molecule has 0 saturated carbocycles. The first-order valence-electron chi connectivity index (χ1n) is 10.5. The Bertz CT molecular complexity index is 829. The second-order valence-corrected chi connectivity index (χ2v) is 9.54. The first kappa shape index (κ1) is 22.8. The number of piperidine rings is 1. The Morgan fingerprint density at radius 3 is 2.43 bits per heavy atom. The van der Waals surface area contributed by atoms with Gasteiger partial charge < -0.3 is 14.4 Å². The molecule has 2 aromatic rings. The lowest BCUT2D eigenvalue weighted by molar-refractivity contribution is 0.106. The van der Waals surface area contributed by atoms with E-state index in [4.69, 9.17) is 14.0 Å². The van der Waals surface area contributed by atoms with E-state index in [1.807, 2.05) is 56.3 Å². The van der Waals surface area contributed by atoms with Gasteiger partial charge in [0.25, 0.3) is 0 Å². The summed E-state index contributed by atoms with van der Waals surface area (Å²) < 4.78 is 31.2. The molecule has 0 bridgehead atoms. The second kappa shape index (κ2) is 10.5. The average Bonchev–Trinajstić information content (AvgIpc) is 2.78. The summed E-state index contributed by atoms with van der Waals surface area (Å²) in [5.41, 5.74) is 1.23. The Balaban J connectivity index is 1.74. The predicted molar refractivity (Wildman–Crippen MR) is 118 cm³/mol. The van der Waals surface area contributed by atoms with E-state index < -0.39 is 7.75 Å². The maximum absolute atomic E-state index is 12.9. The molecule has 30 heavy (non-hydrogen) atoms. The molecule has 1 fully saturated rings. The van der Waals surface area contributed by atoms with Gasteiger partial charge in [0.05, 0.1) is 19.8 Å². The summed E-state index contributed by atoms with van der Waals surface area (Å²) >= 11 is 0. The van der Waals surface area contributed by atoms with E-state index in [9.17, 15) is 9.46 Å². The second-order valence-electron chi connectivity index (χ2n) is 7.78. The third kappa shape index (κ3) is 5.86. The van der Waals surface area contributed by atoms with Crippen LogP contribution >= 0.6 is 7.75 Å². The molecule has 1 N–H and O–H groups in total. The van der Waals surface area contributed by atoms with E-state index in [2.05, 4.69) is 12.1 Å². The molecule has 1 saturated heterocycles. The molecule has 1 heterocycles. The normalized spacial score (nSPS) is 22.8. The van der Waals surface area contributed by atoms with Crippen LogP contribution in [0.15, 0.2) is 54.6 Å². The number of nitrogens with zero attached hydrogens (tertiary/aromatic N) is 1. The minimum atomic E-state index is -3.84. The molecular formula is C23H32NO5P. The third-order valence-electron chi connectivity index (χ3n) is 5.71. The molecule has 0 aromatic heterocycles. The van der Waals surface area contributed by atoms with Gasteiger partial charge in [-0.3, -0.25) is 4.52 Å². The van der Waals surface area contributed by atoms with Gasteiger partial charge >= 0.3 is 7.75 Å². The van der Waals surface area contributed by atoms with Crippen molar-refractivity contribution in [3.8, 4) is 11.5 Å². The van der Waals surface area contributed by atoms with Crippen LogP contribution in [0.3, 0.4) is 0 Å². The molecule has 3 rings (SSSR count). The van der Waals surface area contributed by atoms with E-state index in [1.54, 1.807) is 11.8 Å². The van der Waals surface area contributed by atoms with Crippen LogP contribution in [0.2, 0.25) is 0 Å². The molecule has 0 aliphatic carbocycles. The molecule has 0 amide bonds. The standard InChI is InChI=1S/C23H32NO5P/c1-4-18(2)29-30(25,26)24-15-14-23(19-8-6-5-7-9-19)20(16-24)17-28-22-12-10-21(27-3)11-13-22/h5-13,18,20,23H,4,14-17H2,1-3H3,(H,25,26). The molecule has 7 heteroatoms. The number of hydrogen-bond donors (Lipinski definition) is 1. The highest BCUT2D eigenvalue weighted by Crippen LogP contribution is 2.51. The van der Waals surface area contributed by atoms with Gasteiger partial charge in [-0.2, -0.15) is 0 Å². The largest absolute Gasteiger partial charge is 0.497 e. The summed E-state index contributed by atoms with van der Waals surface area (Å²) in [4.78, 5) is 10.6. The van der Waals surface area contributed by atoms with Gasteiger partial charge in [0, 0.05) is 19.0 Å². The van der Waals surface area contributed by atoms with Crippen LogP contribution < -0.4 is 9.47 Å². The molecule has 164 valence electrons. The monoisotopic (exact) mass is 433 g/mol. The Labute approximate surface area is 179 Å². The zero-order valence-electron chi connectivity index (χ0n) is 17.9.